The molecule has 96 valence electrons. The lowest BCUT2D eigenvalue weighted by atomic mass is 10.1. The molecule has 0 aliphatic carbocycles. The minimum absolute atomic E-state index is 0.152. The van der Waals surface area contributed by atoms with Gasteiger partial charge in [0.15, 0.2) is 6.10 Å². The molecule has 0 saturated carbocycles. The number of pyridine rings is 1. The molecule has 2 heterocycles. The molecule has 1 aliphatic rings. The molecule has 1 aliphatic heterocycles. The number of hydrogen-bond donors (Lipinski definition) is 1. The van der Waals surface area contributed by atoms with Crippen LogP contribution in [-0.4, -0.2) is 17.0 Å². The van der Waals surface area contributed by atoms with E-state index in [0.29, 0.717) is 12.1 Å². The van der Waals surface area contributed by atoms with E-state index in [1.807, 2.05) is 24.3 Å². The summed E-state index contributed by atoms with van der Waals surface area (Å²) in [6, 6.07) is 11.3. The van der Waals surface area contributed by atoms with Gasteiger partial charge < -0.3 is 10.1 Å². The number of rotatable bonds is 2. The molecule has 5 heteroatoms. The predicted octanol–water partition coefficient (Wildman–Crippen LogP) is 2.79. The summed E-state index contributed by atoms with van der Waals surface area (Å²) in [5.41, 5.74) is 1.73. The van der Waals surface area contributed by atoms with Gasteiger partial charge in [0.2, 0.25) is 0 Å². The van der Waals surface area contributed by atoms with Gasteiger partial charge in [0.25, 0.3) is 5.91 Å². The first kappa shape index (κ1) is 12.2. The van der Waals surface area contributed by atoms with E-state index in [-0.39, 0.29) is 5.91 Å². The number of para-hydroxylation sites is 1. The van der Waals surface area contributed by atoms with E-state index in [0.717, 1.165) is 15.9 Å². The first-order valence-electron chi connectivity index (χ1n) is 5.89. The minimum atomic E-state index is -0.471. The highest BCUT2D eigenvalue weighted by Gasteiger charge is 2.28. The van der Waals surface area contributed by atoms with Crippen LogP contribution in [0.25, 0.3) is 0 Å². The Kier molecular flexibility index (Phi) is 3.21. The minimum Gasteiger partial charge on any atom is -0.480 e. The van der Waals surface area contributed by atoms with E-state index in [1.54, 1.807) is 18.3 Å². The van der Waals surface area contributed by atoms with E-state index >= 15 is 0 Å². The lowest BCUT2D eigenvalue weighted by molar-refractivity contribution is -0.122. The molecular formula is C14H11BrN2O2. The van der Waals surface area contributed by atoms with Crippen LogP contribution in [0.15, 0.2) is 47.2 Å². The van der Waals surface area contributed by atoms with E-state index < -0.39 is 6.10 Å². The van der Waals surface area contributed by atoms with Gasteiger partial charge in [-0.05, 0) is 39.7 Å². The van der Waals surface area contributed by atoms with Gasteiger partial charge in [-0.1, -0.05) is 18.2 Å². The van der Waals surface area contributed by atoms with Crippen LogP contribution >= 0.6 is 15.9 Å². The van der Waals surface area contributed by atoms with Gasteiger partial charge in [-0.3, -0.25) is 4.79 Å². The molecule has 0 bridgehead atoms. The van der Waals surface area contributed by atoms with Crippen molar-refractivity contribution >= 4 is 27.5 Å². The monoisotopic (exact) mass is 318 g/mol. The maximum Gasteiger partial charge on any atom is 0.265 e. The number of benzene rings is 1. The zero-order valence-corrected chi connectivity index (χ0v) is 11.6. The van der Waals surface area contributed by atoms with Crippen molar-refractivity contribution in [1.29, 1.82) is 0 Å². The van der Waals surface area contributed by atoms with Crippen LogP contribution in [0.1, 0.15) is 5.56 Å². The Labute approximate surface area is 118 Å². The zero-order chi connectivity index (χ0) is 13.2. The Morgan fingerprint density at radius 3 is 2.89 bits per heavy atom. The molecule has 0 spiro atoms. The number of nitrogens with zero attached hydrogens (tertiary/aromatic N) is 1. The number of hydrogen-bond acceptors (Lipinski definition) is 3. The average molecular weight is 319 g/mol. The van der Waals surface area contributed by atoms with Gasteiger partial charge in [-0.15, -0.1) is 0 Å². The summed E-state index contributed by atoms with van der Waals surface area (Å²) in [6.45, 7) is 0. The number of anilines is 1. The zero-order valence-electron chi connectivity index (χ0n) is 9.97. The summed E-state index contributed by atoms with van der Waals surface area (Å²) in [5, 5.41) is 2.80. The maximum absolute atomic E-state index is 12.1. The molecule has 1 aromatic heterocycles. The third-order valence-electron chi connectivity index (χ3n) is 2.93. The van der Waals surface area contributed by atoms with Crippen molar-refractivity contribution in [3.63, 3.8) is 0 Å². The number of nitrogens with one attached hydrogen (secondary N) is 1. The van der Waals surface area contributed by atoms with Gasteiger partial charge >= 0.3 is 0 Å². The van der Waals surface area contributed by atoms with Gasteiger partial charge in [0.1, 0.15) is 10.4 Å². The number of ether oxygens (including phenoxy) is 1. The predicted molar refractivity (Wildman–Crippen MR) is 75.1 cm³/mol. The second-order valence-corrected chi connectivity index (χ2v) is 5.09. The molecule has 2 aromatic rings. The van der Waals surface area contributed by atoms with Crippen LogP contribution in [0.2, 0.25) is 0 Å². The number of carbonyl (C=O) groups is 1. The molecule has 1 N–H and O–H groups in total. The molecule has 1 aromatic carbocycles. The molecule has 1 amide bonds. The fraction of sp³-hybridized carbons (Fsp3) is 0.143. The largest absolute Gasteiger partial charge is 0.480 e. The summed E-state index contributed by atoms with van der Waals surface area (Å²) in [4.78, 5) is 16.2. The number of aromatic nitrogens is 1. The van der Waals surface area contributed by atoms with Crippen LogP contribution in [0.3, 0.4) is 0 Å². The van der Waals surface area contributed by atoms with Crippen molar-refractivity contribution in [2.75, 3.05) is 5.32 Å². The molecule has 0 radical (unpaired) electrons. The second kappa shape index (κ2) is 5.01. The Bertz CT molecular complexity index is 588. The van der Waals surface area contributed by atoms with Crippen LogP contribution in [0.4, 0.5) is 5.69 Å². The van der Waals surface area contributed by atoms with E-state index in [1.165, 1.54) is 0 Å². The standard InChI is InChI=1S/C14H11BrN2O2/c15-13-6-5-10(8-16-13)17-14(18)12-7-9-3-1-2-4-11(9)19-12/h1-6,8,12H,7H2,(H,17,18). The first-order chi connectivity index (χ1) is 9.22. The summed E-state index contributed by atoms with van der Waals surface area (Å²) >= 11 is 3.25. The fourth-order valence-electron chi connectivity index (χ4n) is 2.00. The fourth-order valence-corrected chi connectivity index (χ4v) is 2.24. The summed E-state index contributed by atoms with van der Waals surface area (Å²) < 4.78 is 6.35. The van der Waals surface area contributed by atoms with E-state index in [2.05, 4.69) is 26.2 Å². The van der Waals surface area contributed by atoms with Crippen molar-refractivity contribution < 1.29 is 9.53 Å². The summed E-state index contributed by atoms with van der Waals surface area (Å²) in [7, 11) is 0. The number of carbonyl (C=O) groups excluding carboxylic acids is 1. The third-order valence-corrected chi connectivity index (χ3v) is 3.40. The molecule has 19 heavy (non-hydrogen) atoms. The first-order valence-corrected chi connectivity index (χ1v) is 6.68. The molecule has 1 unspecified atom stereocenters. The lowest BCUT2D eigenvalue weighted by Crippen LogP contribution is -2.31. The van der Waals surface area contributed by atoms with Crippen molar-refractivity contribution in [1.82, 2.24) is 4.98 Å². The normalized spacial score (nSPS) is 16.6. The maximum atomic E-state index is 12.1. The van der Waals surface area contributed by atoms with Crippen LogP contribution in [0.5, 0.6) is 5.75 Å². The molecule has 0 fully saturated rings. The highest BCUT2D eigenvalue weighted by molar-refractivity contribution is 9.10. The number of fused-ring (bicyclic) bond motifs is 1. The van der Waals surface area contributed by atoms with Crippen molar-refractivity contribution in [2.45, 2.75) is 12.5 Å². The molecule has 0 saturated heterocycles. The van der Waals surface area contributed by atoms with Crippen LogP contribution in [-0.2, 0) is 11.2 Å². The summed E-state index contributed by atoms with van der Waals surface area (Å²) in [6.07, 6.45) is 1.73. The second-order valence-electron chi connectivity index (χ2n) is 4.28. The Balaban J connectivity index is 1.68. The summed E-state index contributed by atoms with van der Waals surface area (Å²) in [5.74, 6) is 0.636. The van der Waals surface area contributed by atoms with E-state index in [9.17, 15) is 4.79 Å². The smallest absolute Gasteiger partial charge is 0.265 e. The highest BCUT2D eigenvalue weighted by Crippen LogP contribution is 2.28. The topological polar surface area (TPSA) is 51.2 Å². The van der Waals surface area contributed by atoms with Gasteiger partial charge in [0.05, 0.1) is 11.9 Å². The molecule has 1 atom stereocenters. The number of halogens is 1. The quantitative estimate of drug-likeness (QED) is 0.866. The SMILES string of the molecule is O=C(Nc1ccc(Br)nc1)C1Cc2ccccc2O1. The molecular weight excluding hydrogens is 308 g/mol. The van der Waals surface area contributed by atoms with E-state index in [4.69, 9.17) is 4.74 Å². The van der Waals surface area contributed by atoms with Gasteiger partial charge in [-0.25, -0.2) is 4.98 Å². The third kappa shape index (κ3) is 2.61. The highest BCUT2D eigenvalue weighted by atomic mass is 79.9. The number of amides is 1. The van der Waals surface area contributed by atoms with Gasteiger partial charge in [-0.2, -0.15) is 0 Å². The molecule has 3 rings (SSSR count). The van der Waals surface area contributed by atoms with Crippen LogP contribution in [0, 0.1) is 0 Å². The van der Waals surface area contributed by atoms with Crippen LogP contribution < -0.4 is 10.1 Å². The molecule has 4 nitrogen and oxygen atoms in total. The van der Waals surface area contributed by atoms with Crippen molar-refractivity contribution in [3.05, 3.63) is 52.8 Å². The Hall–Kier alpha value is -1.88. The van der Waals surface area contributed by atoms with Crippen molar-refractivity contribution in [2.24, 2.45) is 0 Å². The Morgan fingerprint density at radius 1 is 1.32 bits per heavy atom. The van der Waals surface area contributed by atoms with Crippen molar-refractivity contribution in [3.8, 4) is 5.75 Å². The average Bonchev–Trinajstić information content (AvgIpc) is 2.85. The lowest BCUT2D eigenvalue weighted by Gasteiger charge is -2.11. The Morgan fingerprint density at radius 2 is 2.16 bits per heavy atom. The van der Waals surface area contributed by atoms with Gasteiger partial charge in [0, 0.05) is 6.42 Å².